The zero-order valence-electron chi connectivity index (χ0n) is 26.0. The van der Waals surface area contributed by atoms with Gasteiger partial charge in [-0.2, -0.15) is 0 Å². The van der Waals surface area contributed by atoms with Crippen molar-refractivity contribution in [2.45, 2.75) is 77.0 Å². The van der Waals surface area contributed by atoms with Gasteiger partial charge in [0, 0.05) is 25.5 Å². The summed E-state index contributed by atoms with van der Waals surface area (Å²) in [6.45, 7) is 13.5. The van der Waals surface area contributed by atoms with Gasteiger partial charge in [-0.05, 0) is 59.2 Å². The Morgan fingerprint density at radius 2 is 1.81 bits per heavy atom. The number of methoxy groups -OCH3 is 3. The van der Waals surface area contributed by atoms with Crippen molar-refractivity contribution < 1.29 is 28.6 Å². The zero-order chi connectivity index (χ0) is 31.1. The number of carbonyl (C=O) groups is 3. The molecular weight excluding hydrogens is 532 g/mol. The van der Waals surface area contributed by atoms with Crippen molar-refractivity contribution in [3.8, 4) is 5.75 Å². The fourth-order valence-corrected chi connectivity index (χ4v) is 5.64. The fraction of sp³-hybridized carbons (Fsp3) is 0.500. The lowest BCUT2D eigenvalue weighted by Crippen LogP contribution is -2.57. The third kappa shape index (κ3) is 7.21. The predicted molar refractivity (Wildman–Crippen MR) is 166 cm³/mol. The summed E-state index contributed by atoms with van der Waals surface area (Å²) in [5, 5.41) is 4.90. The molecule has 1 N–H and O–H groups in total. The average Bonchev–Trinajstić information content (AvgIpc) is 3.38. The number of fused-ring (bicyclic) bond motifs is 1. The van der Waals surface area contributed by atoms with E-state index in [1.807, 2.05) is 57.2 Å². The van der Waals surface area contributed by atoms with Crippen molar-refractivity contribution in [1.29, 1.82) is 0 Å². The van der Waals surface area contributed by atoms with Crippen LogP contribution in [0.2, 0.25) is 0 Å². The minimum atomic E-state index is -0.964. The van der Waals surface area contributed by atoms with Crippen LogP contribution in [0.25, 0.3) is 16.8 Å². The van der Waals surface area contributed by atoms with Gasteiger partial charge in [0.1, 0.15) is 23.4 Å². The second-order valence-electron chi connectivity index (χ2n) is 12.0. The minimum absolute atomic E-state index is 0.127. The third-order valence-corrected chi connectivity index (χ3v) is 8.14. The summed E-state index contributed by atoms with van der Waals surface area (Å²) in [5.74, 6) is -0.321. The molecule has 0 radical (unpaired) electrons. The number of unbranched alkanes of at least 4 members (excludes halogenated alkanes) is 3. The lowest BCUT2D eigenvalue weighted by molar-refractivity contribution is -0.153. The standard InChI is InChI=1S/C34H46N2O6/c1-9-11-12-13-14-15-29(37)35-30(33(3,4)5)31(38)36-22-34(42-8,21-27(36)32(39)41-7)26-17-16-24-20-28(40-6)23(10-2)18-25(24)19-26/h9-10,16-20,27,30H,1-2,11-15,21-22H2,3-8H3,(H,35,37)/t27-,30?,34-/m0/s1. The van der Waals surface area contributed by atoms with Crippen molar-refractivity contribution in [1.82, 2.24) is 10.2 Å². The first-order valence-corrected chi connectivity index (χ1v) is 14.5. The average molecular weight is 579 g/mol. The van der Waals surface area contributed by atoms with Gasteiger partial charge in [0.05, 0.1) is 20.8 Å². The molecule has 0 aromatic heterocycles. The maximum atomic E-state index is 14.2. The van der Waals surface area contributed by atoms with Gasteiger partial charge in [-0.15, -0.1) is 6.58 Å². The van der Waals surface area contributed by atoms with Crippen LogP contribution >= 0.6 is 0 Å². The van der Waals surface area contributed by atoms with E-state index in [1.54, 1.807) is 20.3 Å². The number of hydrogen-bond acceptors (Lipinski definition) is 6. The van der Waals surface area contributed by atoms with Gasteiger partial charge < -0.3 is 24.4 Å². The smallest absolute Gasteiger partial charge is 0.328 e. The number of hydrogen-bond donors (Lipinski definition) is 1. The van der Waals surface area contributed by atoms with Crippen LogP contribution in [0.5, 0.6) is 5.75 Å². The number of esters is 1. The summed E-state index contributed by atoms with van der Waals surface area (Å²) in [6, 6.07) is 8.18. The molecule has 228 valence electrons. The Hall–Kier alpha value is -3.65. The van der Waals surface area contributed by atoms with Crippen LogP contribution in [0.4, 0.5) is 0 Å². The van der Waals surface area contributed by atoms with Gasteiger partial charge in [0.15, 0.2) is 0 Å². The number of amides is 2. The molecule has 1 saturated heterocycles. The van der Waals surface area contributed by atoms with Gasteiger partial charge in [0.2, 0.25) is 11.8 Å². The van der Waals surface area contributed by atoms with Crippen LogP contribution in [0.15, 0.2) is 49.6 Å². The second-order valence-corrected chi connectivity index (χ2v) is 12.0. The quantitative estimate of drug-likeness (QED) is 0.184. The Bertz CT molecular complexity index is 1310. The zero-order valence-corrected chi connectivity index (χ0v) is 26.0. The van der Waals surface area contributed by atoms with E-state index in [2.05, 4.69) is 18.5 Å². The Morgan fingerprint density at radius 1 is 1.07 bits per heavy atom. The number of carbonyl (C=O) groups excluding carboxylic acids is 3. The Balaban J connectivity index is 1.95. The summed E-state index contributed by atoms with van der Waals surface area (Å²) >= 11 is 0. The van der Waals surface area contributed by atoms with Crippen molar-refractivity contribution in [3.63, 3.8) is 0 Å². The molecule has 1 unspecified atom stereocenters. The molecule has 42 heavy (non-hydrogen) atoms. The van der Waals surface area contributed by atoms with Gasteiger partial charge in [-0.3, -0.25) is 9.59 Å². The maximum Gasteiger partial charge on any atom is 0.328 e. The van der Waals surface area contributed by atoms with Crippen molar-refractivity contribution >= 4 is 34.6 Å². The summed E-state index contributed by atoms with van der Waals surface area (Å²) < 4.78 is 16.8. The minimum Gasteiger partial charge on any atom is -0.496 e. The number of likely N-dealkylation sites (tertiary alicyclic amines) is 1. The van der Waals surface area contributed by atoms with E-state index in [0.29, 0.717) is 6.42 Å². The molecule has 0 bridgehead atoms. The highest BCUT2D eigenvalue weighted by molar-refractivity contribution is 5.92. The van der Waals surface area contributed by atoms with Crippen LogP contribution < -0.4 is 10.1 Å². The summed E-state index contributed by atoms with van der Waals surface area (Å²) in [5.41, 5.74) is 0.123. The molecule has 0 saturated carbocycles. The molecule has 2 aromatic rings. The van der Waals surface area contributed by atoms with Crippen molar-refractivity contribution in [2.75, 3.05) is 27.9 Å². The largest absolute Gasteiger partial charge is 0.496 e. The van der Waals surface area contributed by atoms with Crippen LogP contribution in [0.3, 0.4) is 0 Å². The summed E-state index contributed by atoms with van der Waals surface area (Å²) in [7, 11) is 4.52. The first kappa shape index (κ1) is 32.9. The topological polar surface area (TPSA) is 94.2 Å². The van der Waals surface area contributed by atoms with Crippen molar-refractivity contribution in [2.24, 2.45) is 5.41 Å². The summed E-state index contributed by atoms with van der Waals surface area (Å²) in [6.07, 6.45) is 7.68. The first-order valence-electron chi connectivity index (χ1n) is 14.5. The van der Waals surface area contributed by atoms with E-state index in [-0.39, 0.29) is 24.8 Å². The van der Waals surface area contributed by atoms with Gasteiger partial charge >= 0.3 is 5.97 Å². The predicted octanol–water partition coefficient (Wildman–Crippen LogP) is 5.77. The molecule has 1 aliphatic heterocycles. The van der Waals surface area contributed by atoms with E-state index >= 15 is 0 Å². The van der Waals surface area contributed by atoms with E-state index in [0.717, 1.165) is 53.3 Å². The molecule has 2 amide bonds. The molecule has 0 aliphatic carbocycles. The molecule has 1 aliphatic rings. The number of allylic oxidation sites excluding steroid dienone is 1. The monoisotopic (exact) mass is 578 g/mol. The third-order valence-electron chi connectivity index (χ3n) is 8.14. The normalized spacial score (nSPS) is 19.3. The first-order chi connectivity index (χ1) is 19.9. The molecule has 2 aromatic carbocycles. The van der Waals surface area contributed by atoms with Crippen LogP contribution in [0, 0.1) is 5.41 Å². The van der Waals surface area contributed by atoms with Crippen LogP contribution in [-0.2, 0) is 29.5 Å². The van der Waals surface area contributed by atoms with Gasteiger partial charge in [-0.25, -0.2) is 4.79 Å². The van der Waals surface area contributed by atoms with Crippen LogP contribution in [0.1, 0.15) is 70.4 Å². The molecule has 1 heterocycles. The van der Waals surface area contributed by atoms with Crippen LogP contribution in [-0.4, -0.2) is 62.6 Å². The highest BCUT2D eigenvalue weighted by Gasteiger charge is 2.53. The number of rotatable bonds is 13. The van der Waals surface area contributed by atoms with Gasteiger partial charge in [0.25, 0.3) is 0 Å². The number of nitrogens with one attached hydrogen (secondary N) is 1. The molecule has 3 rings (SSSR count). The Labute approximate surface area is 250 Å². The molecule has 1 fully saturated rings. The van der Waals surface area contributed by atoms with E-state index in [9.17, 15) is 14.4 Å². The highest BCUT2D eigenvalue weighted by Crippen LogP contribution is 2.42. The SMILES string of the molecule is C=CCCCCCC(=O)NC(C(=O)N1C[C@](OC)(c2ccc3cc(OC)c(C=C)cc3c2)C[C@H]1C(=O)OC)C(C)(C)C. The maximum absolute atomic E-state index is 14.2. The number of nitrogens with zero attached hydrogens (tertiary/aromatic N) is 1. The lowest BCUT2D eigenvalue weighted by Gasteiger charge is -2.35. The number of benzene rings is 2. The molecular formula is C34H46N2O6. The van der Waals surface area contributed by atoms with E-state index < -0.39 is 29.1 Å². The van der Waals surface area contributed by atoms with Crippen molar-refractivity contribution in [3.05, 3.63) is 60.7 Å². The fourth-order valence-electron chi connectivity index (χ4n) is 5.64. The number of ether oxygens (including phenoxy) is 3. The molecule has 8 heteroatoms. The van der Waals surface area contributed by atoms with E-state index in [4.69, 9.17) is 14.2 Å². The van der Waals surface area contributed by atoms with Gasteiger partial charge in [-0.1, -0.05) is 58.1 Å². The highest BCUT2D eigenvalue weighted by atomic mass is 16.5. The Morgan fingerprint density at radius 3 is 2.40 bits per heavy atom. The second kappa shape index (κ2) is 14.0. The molecule has 0 spiro atoms. The molecule has 8 nitrogen and oxygen atoms in total. The van der Waals surface area contributed by atoms with E-state index in [1.165, 1.54) is 12.0 Å². The lowest BCUT2D eigenvalue weighted by atomic mass is 9.85. The summed E-state index contributed by atoms with van der Waals surface area (Å²) in [4.78, 5) is 41.7. The Kier molecular flexibility index (Phi) is 11.0. The molecule has 3 atom stereocenters.